The number of hydrogen-bond acceptors (Lipinski definition) is 8. The zero-order chi connectivity index (χ0) is 25.2. The molecule has 9 nitrogen and oxygen atoms in total. The standard InChI is InChI=1S/C20H23F3N6O3S2/c1-2-3-15(24)18(32)26-9-8-25-16(30)11-33-34-12-17(31)27-10-13-4-6-14(7-5-13)19(28-29-19)20(21,22)23/h1,4-7,15H,3,8-12,24H2,(H,25,30)(H,26,32)(H,27,31). The largest absolute Gasteiger partial charge is 0.442 e. The first-order chi connectivity index (χ1) is 16.1. The summed E-state index contributed by atoms with van der Waals surface area (Å²) in [6.45, 7) is 0.587. The van der Waals surface area contributed by atoms with Gasteiger partial charge in [-0.2, -0.15) is 13.2 Å². The molecule has 184 valence electrons. The SMILES string of the molecule is C#CCC(N)C(=O)NCCNC(=O)CSSCC(=O)NCc1ccc(C2(C(F)(F)F)N=N2)cc1. The normalized spacial score (nSPS) is 14.6. The van der Waals surface area contributed by atoms with Crippen LogP contribution >= 0.6 is 21.6 Å². The van der Waals surface area contributed by atoms with Crippen molar-refractivity contribution in [2.45, 2.75) is 30.8 Å². The average molecular weight is 517 g/mol. The number of benzene rings is 1. The Kier molecular flexibility index (Phi) is 10.2. The zero-order valence-corrected chi connectivity index (χ0v) is 19.5. The Labute approximate surface area is 202 Å². The lowest BCUT2D eigenvalue weighted by Gasteiger charge is -2.15. The minimum Gasteiger partial charge on any atom is -0.354 e. The van der Waals surface area contributed by atoms with Crippen LogP contribution in [0.2, 0.25) is 0 Å². The van der Waals surface area contributed by atoms with E-state index < -0.39 is 23.8 Å². The monoisotopic (exact) mass is 516 g/mol. The highest BCUT2D eigenvalue weighted by Crippen LogP contribution is 2.52. The molecule has 0 bridgehead atoms. The van der Waals surface area contributed by atoms with Gasteiger partial charge in [-0.25, -0.2) is 0 Å². The van der Waals surface area contributed by atoms with Crippen molar-refractivity contribution >= 4 is 39.3 Å². The van der Waals surface area contributed by atoms with Gasteiger partial charge in [-0.3, -0.25) is 14.4 Å². The smallest absolute Gasteiger partial charge is 0.354 e. The van der Waals surface area contributed by atoms with Gasteiger partial charge >= 0.3 is 11.8 Å². The van der Waals surface area contributed by atoms with Crippen molar-refractivity contribution < 1.29 is 27.6 Å². The summed E-state index contributed by atoms with van der Waals surface area (Å²) in [7, 11) is 2.37. The van der Waals surface area contributed by atoms with Crippen LogP contribution in [0, 0.1) is 12.3 Å². The molecule has 1 aromatic carbocycles. The third kappa shape index (κ3) is 8.23. The number of alkyl halides is 3. The molecule has 0 aliphatic carbocycles. The molecule has 14 heteroatoms. The van der Waals surface area contributed by atoms with Crippen LogP contribution in [0.4, 0.5) is 13.2 Å². The number of carbonyl (C=O) groups is 3. The van der Waals surface area contributed by atoms with E-state index in [1.54, 1.807) is 0 Å². The summed E-state index contributed by atoms with van der Waals surface area (Å²) in [5.41, 5.74) is 3.63. The van der Waals surface area contributed by atoms with Crippen molar-refractivity contribution in [2.24, 2.45) is 16.0 Å². The van der Waals surface area contributed by atoms with Crippen LogP contribution in [0.15, 0.2) is 34.5 Å². The Morgan fingerprint density at radius 1 is 1.03 bits per heavy atom. The van der Waals surface area contributed by atoms with Crippen molar-refractivity contribution in [1.82, 2.24) is 16.0 Å². The summed E-state index contributed by atoms with van der Waals surface area (Å²) in [5, 5.41) is 14.1. The summed E-state index contributed by atoms with van der Waals surface area (Å²) in [6, 6.07) is 4.74. The van der Waals surface area contributed by atoms with Gasteiger partial charge < -0.3 is 21.7 Å². The van der Waals surface area contributed by atoms with Gasteiger partial charge in [-0.15, -0.1) is 22.6 Å². The van der Waals surface area contributed by atoms with Gasteiger partial charge in [0.2, 0.25) is 17.7 Å². The van der Waals surface area contributed by atoms with Crippen LogP contribution in [-0.2, 0) is 26.6 Å². The Bertz CT molecular complexity index is 944. The summed E-state index contributed by atoms with van der Waals surface area (Å²) in [6.07, 6.45) is 0.624. The zero-order valence-electron chi connectivity index (χ0n) is 17.9. The molecular formula is C20H23F3N6O3S2. The summed E-state index contributed by atoms with van der Waals surface area (Å²) >= 11 is 0. The lowest BCUT2D eigenvalue weighted by atomic mass is 10.0. The quantitative estimate of drug-likeness (QED) is 0.178. The number of terminal acetylenes is 1. The number of nitrogens with zero attached hydrogens (tertiary/aromatic N) is 2. The molecule has 1 aliphatic rings. The van der Waals surface area contributed by atoms with Crippen molar-refractivity contribution in [3.8, 4) is 12.3 Å². The first kappa shape index (κ1) is 27.5. The highest BCUT2D eigenvalue weighted by Gasteiger charge is 2.65. The van der Waals surface area contributed by atoms with E-state index >= 15 is 0 Å². The molecule has 3 amide bonds. The topological polar surface area (TPSA) is 138 Å². The molecule has 2 rings (SSSR count). The molecule has 0 saturated carbocycles. The third-order valence-corrected chi connectivity index (χ3v) is 6.56. The second-order valence-corrected chi connectivity index (χ2v) is 9.49. The highest BCUT2D eigenvalue weighted by molar-refractivity contribution is 8.77. The van der Waals surface area contributed by atoms with Crippen LogP contribution in [-0.4, -0.2) is 54.5 Å². The van der Waals surface area contributed by atoms with Crippen LogP contribution in [0.3, 0.4) is 0 Å². The Morgan fingerprint density at radius 3 is 2.12 bits per heavy atom. The molecule has 1 atom stereocenters. The lowest BCUT2D eigenvalue weighted by molar-refractivity contribution is -0.166. The van der Waals surface area contributed by atoms with Gasteiger partial charge in [-0.05, 0) is 5.56 Å². The van der Waals surface area contributed by atoms with E-state index in [0.29, 0.717) is 5.56 Å². The predicted molar refractivity (Wildman–Crippen MR) is 123 cm³/mol. The van der Waals surface area contributed by atoms with Crippen molar-refractivity contribution in [3.63, 3.8) is 0 Å². The van der Waals surface area contributed by atoms with E-state index in [1.807, 2.05) is 0 Å². The summed E-state index contributed by atoms with van der Waals surface area (Å²) < 4.78 is 39.0. The number of hydrogen-bond donors (Lipinski definition) is 4. The highest BCUT2D eigenvalue weighted by atomic mass is 33.1. The molecule has 0 fully saturated rings. The fraction of sp³-hybridized carbons (Fsp3) is 0.450. The molecule has 0 spiro atoms. The van der Waals surface area contributed by atoms with Crippen molar-refractivity contribution in [1.29, 1.82) is 0 Å². The second-order valence-electron chi connectivity index (χ2n) is 7.02. The maximum atomic E-state index is 13.0. The van der Waals surface area contributed by atoms with E-state index in [9.17, 15) is 27.6 Å². The van der Waals surface area contributed by atoms with E-state index in [0.717, 1.165) is 0 Å². The van der Waals surface area contributed by atoms with Gasteiger partial charge in [0.1, 0.15) is 0 Å². The van der Waals surface area contributed by atoms with Gasteiger partial charge in [0, 0.05) is 31.6 Å². The molecule has 0 aromatic heterocycles. The molecular weight excluding hydrogens is 493 g/mol. The average Bonchev–Trinajstić information content (AvgIpc) is 3.61. The first-order valence-electron chi connectivity index (χ1n) is 9.94. The first-order valence-corrected chi connectivity index (χ1v) is 12.4. The number of rotatable bonds is 13. The van der Waals surface area contributed by atoms with E-state index in [2.05, 4.69) is 32.1 Å². The maximum absolute atomic E-state index is 13.0. The summed E-state index contributed by atoms with van der Waals surface area (Å²) in [4.78, 5) is 35.2. The second kappa shape index (κ2) is 12.6. The molecule has 1 heterocycles. The number of halogens is 3. The van der Waals surface area contributed by atoms with E-state index in [4.69, 9.17) is 12.2 Å². The molecule has 0 saturated heterocycles. The molecule has 5 N–H and O–H groups in total. The van der Waals surface area contributed by atoms with Gasteiger partial charge in [-0.1, -0.05) is 45.9 Å². The van der Waals surface area contributed by atoms with E-state index in [1.165, 1.54) is 45.9 Å². The molecule has 0 radical (unpaired) electrons. The fourth-order valence-corrected chi connectivity index (χ4v) is 4.26. The number of nitrogens with one attached hydrogen (secondary N) is 3. The molecule has 34 heavy (non-hydrogen) atoms. The van der Waals surface area contributed by atoms with Crippen LogP contribution < -0.4 is 21.7 Å². The van der Waals surface area contributed by atoms with Crippen LogP contribution in [0.1, 0.15) is 17.5 Å². The minimum atomic E-state index is -4.58. The Hall–Kier alpha value is -2.76. The Balaban J connectivity index is 1.55. The van der Waals surface area contributed by atoms with Crippen LogP contribution in [0.25, 0.3) is 0 Å². The van der Waals surface area contributed by atoms with Gasteiger partial charge in [0.25, 0.3) is 0 Å². The van der Waals surface area contributed by atoms with E-state index in [-0.39, 0.29) is 54.9 Å². The number of amides is 3. The summed E-state index contributed by atoms with van der Waals surface area (Å²) in [5.74, 6) is 1.56. The molecule has 1 aromatic rings. The predicted octanol–water partition coefficient (Wildman–Crippen LogP) is 1.45. The minimum absolute atomic E-state index is 0.0739. The van der Waals surface area contributed by atoms with Crippen molar-refractivity contribution in [3.05, 3.63) is 35.4 Å². The molecule has 1 aliphatic heterocycles. The third-order valence-electron chi connectivity index (χ3n) is 4.43. The Morgan fingerprint density at radius 2 is 1.59 bits per heavy atom. The van der Waals surface area contributed by atoms with Crippen LogP contribution in [0.5, 0.6) is 0 Å². The number of nitrogens with two attached hydrogens (primary N) is 1. The maximum Gasteiger partial charge on any atom is 0.442 e. The van der Waals surface area contributed by atoms with Gasteiger partial charge in [0.15, 0.2) is 0 Å². The van der Waals surface area contributed by atoms with Gasteiger partial charge in [0.05, 0.1) is 17.5 Å². The fourth-order valence-electron chi connectivity index (χ4n) is 2.53. The lowest BCUT2D eigenvalue weighted by Crippen LogP contribution is -2.43. The number of carbonyl (C=O) groups excluding carboxylic acids is 3. The molecule has 1 unspecified atom stereocenters. The van der Waals surface area contributed by atoms with Crippen molar-refractivity contribution in [2.75, 3.05) is 24.6 Å².